The van der Waals surface area contributed by atoms with Crippen LogP contribution in [0, 0.1) is 5.92 Å². The molecule has 0 atom stereocenters. The topological polar surface area (TPSA) is 76.4 Å². The van der Waals surface area contributed by atoms with E-state index in [1.807, 2.05) is 24.3 Å². The van der Waals surface area contributed by atoms with Crippen LogP contribution in [0.2, 0.25) is 0 Å². The maximum absolute atomic E-state index is 11.9. The summed E-state index contributed by atoms with van der Waals surface area (Å²) in [5.74, 6) is 0.445. The van der Waals surface area contributed by atoms with Gasteiger partial charge in [0.2, 0.25) is 11.9 Å². The van der Waals surface area contributed by atoms with E-state index in [1.165, 1.54) is 0 Å². The van der Waals surface area contributed by atoms with Crippen molar-refractivity contribution < 1.29 is 9.59 Å². The molecule has 0 radical (unpaired) electrons. The lowest BCUT2D eigenvalue weighted by Crippen LogP contribution is -2.14. The van der Waals surface area contributed by atoms with Crippen LogP contribution in [-0.2, 0) is 4.79 Å². The van der Waals surface area contributed by atoms with Crippen molar-refractivity contribution in [3.05, 3.63) is 48.2 Å². The smallest absolute Gasteiger partial charge is 0.249 e. The van der Waals surface area contributed by atoms with Crippen LogP contribution in [-0.4, -0.2) is 26.3 Å². The van der Waals surface area contributed by atoms with E-state index in [4.69, 9.17) is 0 Å². The van der Waals surface area contributed by atoms with Crippen LogP contribution in [0.4, 0.5) is 5.95 Å². The van der Waals surface area contributed by atoms with Crippen LogP contribution < -0.4 is 5.32 Å². The minimum Gasteiger partial charge on any atom is -0.295 e. The van der Waals surface area contributed by atoms with Gasteiger partial charge in [0.05, 0.1) is 0 Å². The Morgan fingerprint density at radius 2 is 1.92 bits per heavy atom. The van der Waals surface area contributed by atoms with Crippen molar-refractivity contribution in [2.75, 3.05) is 5.32 Å². The van der Waals surface area contributed by atoms with Crippen molar-refractivity contribution in [2.45, 2.75) is 19.8 Å². The number of hydrogen-bond donors (Lipinski definition) is 1. The summed E-state index contributed by atoms with van der Waals surface area (Å²) >= 11 is 0. The average Bonchev–Trinajstić information content (AvgIpc) is 3.35. The summed E-state index contributed by atoms with van der Waals surface area (Å²) in [5.41, 5.74) is 3.17. The first-order valence-electron chi connectivity index (χ1n) is 7.89. The van der Waals surface area contributed by atoms with Crippen molar-refractivity contribution in [1.29, 1.82) is 0 Å². The maximum Gasteiger partial charge on any atom is 0.249 e. The van der Waals surface area contributed by atoms with E-state index in [9.17, 15) is 9.59 Å². The highest BCUT2D eigenvalue weighted by molar-refractivity contribution is 5.95. The summed E-state index contributed by atoms with van der Waals surface area (Å²) in [7, 11) is 0. The predicted octanol–water partition coefficient (Wildman–Crippen LogP) is 2.95. The van der Waals surface area contributed by atoms with Crippen LogP contribution in [0.5, 0.6) is 0 Å². The Labute approximate surface area is 138 Å². The molecule has 6 nitrogen and oxygen atoms in total. The highest BCUT2D eigenvalue weighted by Crippen LogP contribution is 2.30. The number of anilines is 1. The molecule has 1 fully saturated rings. The lowest BCUT2D eigenvalue weighted by atomic mass is 10.0. The van der Waals surface area contributed by atoms with E-state index < -0.39 is 0 Å². The van der Waals surface area contributed by atoms with Gasteiger partial charge in [0.15, 0.2) is 11.4 Å². The molecule has 0 spiro atoms. The normalized spacial score (nSPS) is 13.9. The van der Waals surface area contributed by atoms with Crippen LogP contribution in [0.25, 0.3) is 16.8 Å². The number of fused-ring (bicyclic) bond motifs is 1. The van der Waals surface area contributed by atoms with E-state index in [0.29, 0.717) is 17.2 Å². The van der Waals surface area contributed by atoms with Gasteiger partial charge in [-0.05, 0) is 37.5 Å². The molecule has 0 aliphatic heterocycles. The minimum atomic E-state index is -0.0155. The van der Waals surface area contributed by atoms with Crippen molar-refractivity contribution in [1.82, 2.24) is 14.6 Å². The van der Waals surface area contributed by atoms with Gasteiger partial charge in [0.1, 0.15) is 0 Å². The molecule has 1 N–H and O–H groups in total. The van der Waals surface area contributed by atoms with Gasteiger partial charge in [-0.3, -0.25) is 14.9 Å². The quantitative estimate of drug-likeness (QED) is 0.750. The van der Waals surface area contributed by atoms with Gasteiger partial charge in [-0.25, -0.2) is 4.52 Å². The maximum atomic E-state index is 11.9. The molecule has 1 aliphatic rings. The summed E-state index contributed by atoms with van der Waals surface area (Å²) in [6.45, 7) is 1.54. The van der Waals surface area contributed by atoms with Crippen LogP contribution >= 0.6 is 0 Å². The van der Waals surface area contributed by atoms with Gasteiger partial charge in [-0.1, -0.05) is 24.3 Å². The number of amides is 1. The Kier molecular flexibility index (Phi) is 3.37. The fourth-order valence-electron chi connectivity index (χ4n) is 2.63. The highest BCUT2D eigenvalue weighted by atomic mass is 16.2. The van der Waals surface area contributed by atoms with E-state index in [0.717, 1.165) is 24.0 Å². The van der Waals surface area contributed by atoms with Crippen LogP contribution in [0.3, 0.4) is 0 Å². The highest BCUT2D eigenvalue weighted by Gasteiger charge is 2.30. The Morgan fingerprint density at radius 1 is 1.17 bits per heavy atom. The predicted molar refractivity (Wildman–Crippen MR) is 89.8 cm³/mol. The monoisotopic (exact) mass is 320 g/mol. The molecule has 0 unspecified atom stereocenters. The molecule has 120 valence electrons. The Hall–Kier alpha value is -3.02. The van der Waals surface area contributed by atoms with E-state index in [2.05, 4.69) is 15.4 Å². The number of ketones is 1. The summed E-state index contributed by atoms with van der Waals surface area (Å²) in [6.07, 6.45) is 3.67. The largest absolute Gasteiger partial charge is 0.295 e. The number of pyridine rings is 1. The molecule has 0 bridgehead atoms. The van der Waals surface area contributed by atoms with Crippen molar-refractivity contribution in [3.63, 3.8) is 0 Å². The van der Waals surface area contributed by atoms with E-state index in [1.54, 1.807) is 29.8 Å². The number of nitrogens with one attached hydrogen (secondary N) is 1. The standard InChI is InChI=1S/C18H16N4O2/c1-11(23)12-4-6-13(7-5-12)15-3-2-10-22-16(15)19-18(21-22)20-17(24)14-8-9-14/h2-7,10,14H,8-9H2,1H3,(H,20,21,24). The van der Waals surface area contributed by atoms with Gasteiger partial charge in [0.25, 0.3) is 0 Å². The number of Topliss-reactive ketones (excluding diaryl/α,β-unsaturated/α-hetero) is 1. The third kappa shape index (κ3) is 2.67. The zero-order valence-corrected chi connectivity index (χ0v) is 13.2. The first-order chi connectivity index (χ1) is 11.6. The van der Waals surface area contributed by atoms with Gasteiger partial charge in [0, 0.05) is 23.2 Å². The summed E-state index contributed by atoms with van der Waals surface area (Å²) in [5, 5.41) is 7.08. The molecule has 2 aromatic heterocycles. The summed E-state index contributed by atoms with van der Waals surface area (Å²) in [4.78, 5) is 27.7. The number of nitrogens with zero attached hydrogens (tertiary/aromatic N) is 3. The SMILES string of the molecule is CC(=O)c1ccc(-c2cccn3nc(NC(=O)C4CC4)nc23)cc1. The zero-order chi connectivity index (χ0) is 16.7. The Morgan fingerprint density at radius 3 is 2.58 bits per heavy atom. The molecule has 24 heavy (non-hydrogen) atoms. The number of carbonyl (C=O) groups is 2. The Balaban J connectivity index is 1.70. The minimum absolute atomic E-state index is 0.0155. The van der Waals surface area contributed by atoms with Crippen LogP contribution in [0.15, 0.2) is 42.6 Å². The Bertz CT molecular complexity index is 939. The fraction of sp³-hybridized carbons (Fsp3) is 0.222. The fourth-order valence-corrected chi connectivity index (χ4v) is 2.63. The molecule has 1 aliphatic carbocycles. The van der Waals surface area contributed by atoms with Gasteiger partial charge >= 0.3 is 0 Å². The molecule has 1 saturated carbocycles. The second kappa shape index (κ2) is 5.56. The molecule has 0 saturated heterocycles. The lowest BCUT2D eigenvalue weighted by Gasteiger charge is -2.03. The van der Waals surface area contributed by atoms with E-state index in [-0.39, 0.29) is 17.6 Å². The molecule has 6 heteroatoms. The lowest BCUT2D eigenvalue weighted by molar-refractivity contribution is -0.117. The molecule has 1 amide bonds. The molecule has 2 heterocycles. The molecule has 4 rings (SSSR count). The van der Waals surface area contributed by atoms with Crippen molar-refractivity contribution in [2.24, 2.45) is 5.92 Å². The second-order valence-corrected chi connectivity index (χ2v) is 6.02. The number of carbonyl (C=O) groups excluding carboxylic acids is 2. The number of hydrogen-bond acceptors (Lipinski definition) is 4. The second-order valence-electron chi connectivity index (χ2n) is 6.02. The summed E-state index contributed by atoms with van der Waals surface area (Å²) in [6, 6.07) is 11.2. The summed E-state index contributed by atoms with van der Waals surface area (Å²) < 4.78 is 1.65. The zero-order valence-electron chi connectivity index (χ0n) is 13.2. The number of rotatable bonds is 4. The third-order valence-corrected chi connectivity index (χ3v) is 4.15. The molecule has 3 aromatic rings. The average molecular weight is 320 g/mol. The first-order valence-corrected chi connectivity index (χ1v) is 7.89. The number of aromatic nitrogens is 3. The third-order valence-electron chi connectivity index (χ3n) is 4.15. The molecular weight excluding hydrogens is 304 g/mol. The number of benzene rings is 1. The molecular formula is C18H16N4O2. The van der Waals surface area contributed by atoms with Gasteiger partial charge in [-0.15, -0.1) is 5.10 Å². The van der Waals surface area contributed by atoms with Gasteiger partial charge in [-0.2, -0.15) is 4.98 Å². The molecule has 1 aromatic carbocycles. The van der Waals surface area contributed by atoms with Crippen molar-refractivity contribution >= 4 is 23.3 Å². The van der Waals surface area contributed by atoms with Crippen molar-refractivity contribution in [3.8, 4) is 11.1 Å². The van der Waals surface area contributed by atoms with E-state index >= 15 is 0 Å². The van der Waals surface area contributed by atoms with Crippen LogP contribution in [0.1, 0.15) is 30.1 Å². The first kappa shape index (κ1) is 14.6. The van der Waals surface area contributed by atoms with Gasteiger partial charge < -0.3 is 0 Å².